The van der Waals surface area contributed by atoms with Gasteiger partial charge in [0.25, 0.3) is 0 Å². The molecule has 2 rings (SSSR count). The fourth-order valence-electron chi connectivity index (χ4n) is 6.43. The van der Waals surface area contributed by atoms with Crippen molar-refractivity contribution in [1.29, 1.82) is 0 Å². The second-order valence-corrected chi connectivity index (χ2v) is 20.8. The summed E-state index contributed by atoms with van der Waals surface area (Å²) in [6, 6.07) is 20.4. The van der Waals surface area contributed by atoms with Gasteiger partial charge in [0.1, 0.15) is 6.61 Å². The van der Waals surface area contributed by atoms with Crippen LogP contribution in [0.1, 0.15) is 168 Å². The van der Waals surface area contributed by atoms with E-state index in [-0.39, 0.29) is 30.1 Å². The molecule has 4 nitrogen and oxygen atoms in total. The monoisotopic (exact) mass is 695 g/mol. The molecule has 2 unspecified atom stereocenters. The summed E-state index contributed by atoms with van der Waals surface area (Å²) in [6.07, 6.45) is 23.0. The van der Waals surface area contributed by atoms with E-state index in [2.05, 4.69) is 72.0 Å². The van der Waals surface area contributed by atoms with Crippen LogP contribution < -0.4 is 0 Å². The van der Waals surface area contributed by atoms with E-state index in [1.54, 1.807) is 0 Å². The molecule has 2 aromatic rings. The van der Waals surface area contributed by atoms with Gasteiger partial charge in [-0.2, -0.15) is 0 Å². The molecule has 0 amide bonds. The lowest BCUT2D eigenvalue weighted by molar-refractivity contribution is -0.151. The summed E-state index contributed by atoms with van der Waals surface area (Å²) < 4.78 is 19.8. The first-order chi connectivity index (χ1) is 23.5. The molecule has 0 bridgehead atoms. The first kappa shape index (κ1) is 43.2. The van der Waals surface area contributed by atoms with E-state index >= 15 is 0 Å². The lowest BCUT2D eigenvalue weighted by Crippen LogP contribution is -2.52. The highest BCUT2D eigenvalue weighted by atomic mass is 28.4. The molecule has 278 valence electrons. The standard InChI is InChI=1S/C44H74O4Si/c1-8-10-11-12-13-14-15-16-17-18-19-20-21-22-29-34-41(46-37-39-30-25-23-26-31-39)35-44(9-2,48-49(6,7)43(3,4)5)36-42(45)47-38-40-32-27-24-28-33-40/h23-28,30-33,41H,8-22,29,34-38H2,1-7H3. The van der Waals surface area contributed by atoms with Crippen LogP contribution in [0.15, 0.2) is 60.7 Å². The Kier molecular flexibility index (Phi) is 21.4. The van der Waals surface area contributed by atoms with Gasteiger partial charge in [-0.1, -0.05) is 192 Å². The number of esters is 1. The number of rotatable bonds is 28. The Morgan fingerprint density at radius 2 is 1.10 bits per heavy atom. The summed E-state index contributed by atoms with van der Waals surface area (Å²) in [7, 11) is -2.21. The molecule has 2 atom stereocenters. The normalized spacial score (nSPS) is 14.0. The van der Waals surface area contributed by atoms with Gasteiger partial charge in [-0.15, -0.1) is 0 Å². The maximum atomic E-state index is 13.5. The van der Waals surface area contributed by atoms with Crippen molar-refractivity contribution in [3.63, 3.8) is 0 Å². The molecule has 0 heterocycles. The maximum absolute atomic E-state index is 13.5. The molecule has 0 aromatic heterocycles. The van der Waals surface area contributed by atoms with Crippen molar-refractivity contribution >= 4 is 14.3 Å². The number of ether oxygens (including phenoxy) is 2. The van der Waals surface area contributed by atoms with Crippen molar-refractivity contribution in [2.75, 3.05) is 0 Å². The van der Waals surface area contributed by atoms with E-state index in [0.717, 1.165) is 24.8 Å². The minimum Gasteiger partial charge on any atom is -0.461 e. The summed E-state index contributed by atoms with van der Waals surface area (Å²) in [5.41, 5.74) is 1.55. The first-order valence-electron chi connectivity index (χ1n) is 20.1. The Morgan fingerprint density at radius 3 is 1.55 bits per heavy atom. The van der Waals surface area contributed by atoms with Crippen molar-refractivity contribution in [1.82, 2.24) is 0 Å². The van der Waals surface area contributed by atoms with Crippen LogP contribution in [0.4, 0.5) is 0 Å². The lowest BCUT2D eigenvalue weighted by Gasteiger charge is -2.46. The highest BCUT2D eigenvalue weighted by molar-refractivity contribution is 6.74. The van der Waals surface area contributed by atoms with Gasteiger partial charge in [0, 0.05) is 6.42 Å². The summed E-state index contributed by atoms with van der Waals surface area (Å²) in [5, 5.41) is 0.0238. The molecule has 0 aliphatic carbocycles. The highest BCUT2D eigenvalue weighted by Gasteiger charge is 2.46. The molecule has 0 aliphatic heterocycles. The molecule has 0 saturated carbocycles. The largest absolute Gasteiger partial charge is 0.461 e. The molecule has 0 spiro atoms. The van der Waals surface area contributed by atoms with Crippen LogP contribution in [0.5, 0.6) is 0 Å². The van der Waals surface area contributed by atoms with Crippen molar-refractivity contribution in [3.05, 3.63) is 71.8 Å². The van der Waals surface area contributed by atoms with Crippen LogP contribution >= 0.6 is 0 Å². The zero-order valence-corrected chi connectivity index (χ0v) is 33.8. The van der Waals surface area contributed by atoms with Gasteiger partial charge in [0.15, 0.2) is 8.32 Å². The summed E-state index contributed by atoms with van der Waals surface area (Å²) >= 11 is 0. The van der Waals surface area contributed by atoms with E-state index in [4.69, 9.17) is 13.9 Å². The Balaban J connectivity index is 1.97. The minimum atomic E-state index is -2.21. The second kappa shape index (κ2) is 24.3. The van der Waals surface area contributed by atoms with Crippen molar-refractivity contribution in [2.24, 2.45) is 0 Å². The third-order valence-electron chi connectivity index (χ3n) is 10.7. The van der Waals surface area contributed by atoms with Crippen LogP contribution in [0, 0.1) is 0 Å². The first-order valence-corrected chi connectivity index (χ1v) is 23.0. The van der Waals surface area contributed by atoms with Crippen LogP contribution in [-0.4, -0.2) is 26.0 Å². The summed E-state index contributed by atoms with van der Waals surface area (Å²) in [6.45, 7) is 16.7. The Labute approximate surface area is 303 Å². The molecular weight excluding hydrogens is 621 g/mol. The third-order valence-corrected chi connectivity index (χ3v) is 15.2. The van der Waals surface area contributed by atoms with Crippen LogP contribution in [0.2, 0.25) is 18.1 Å². The van der Waals surface area contributed by atoms with Gasteiger partial charge in [-0.3, -0.25) is 4.79 Å². The van der Waals surface area contributed by atoms with E-state index in [9.17, 15) is 4.79 Å². The van der Waals surface area contributed by atoms with Crippen molar-refractivity contribution in [2.45, 2.75) is 200 Å². The zero-order chi connectivity index (χ0) is 35.9. The molecule has 0 N–H and O–H groups in total. The number of unbranched alkanes of at least 4 members (excludes halogenated alkanes) is 14. The molecule has 2 aromatic carbocycles. The van der Waals surface area contributed by atoms with Gasteiger partial charge in [-0.25, -0.2) is 0 Å². The van der Waals surface area contributed by atoms with E-state index in [1.165, 1.54) is 95.5 Å². The van der Waals surface area contributed by atoms with Gasteiger partial charge < -0.3 is 13.9 Å². The zero-order valence-electron chi connectivity index (χ0n) is 32.8. The number of carbonyl (C=O) groups is 1. The molecule has 5 heteroatoms. The van der Waals surface area contributed by atoms with Crippen LogP contribution in [-0.2, 0) is 31.9 Å². The van der Waals surface area contributed by atoms with Crippen LogP contribution in [0.25, 0.3) is 0 Å². The van der Waals surface area contributed by atoms with Gasteiger partial charge in [-0.05, 0) is 42.1 Å². The average Bonchev–Trinajstić information content (AvgIpc) is 3.08. The molecule has 0 aliphatic rings. The molecular formula is C44H74O4Si. The maximum Gasteiger partial charge on any atom is 0.309 e. The highest BCUT2D eigenvalue weighted by Crippen LogP contribution is 2.43. The lowest BCUT2D eigenvalue weighted by atomic mass is 9.88. The predicted octanol–water partition coefficient (Wildman–Crippen LogP) is 13.5. The van der Waals surface area contributed by atoms with Crippen molar-refractivity contribution in [3.8, 4) is 0 Å². The van der Waals surface area contributed by atoms with E-state index < -0.39 is 13.9 Å². The third kappa shape index (κ3) is 18.7. The fraction of sp³-hybridized carbons (Fsp3) is 0.705. The molecule has 49 heavy (non-hydrogen) atoms. The number of carbonyl (C=O) groups excluding carboxylic acids is 1. The minimum absolute atomic E-state index is 0.00817. The summed E-state index contributed by atoms with van der Waals surface area (Å²) in [4.78, 5) is 13.5. The van der Waals surface area contributed by atoms with E-state index in [1.807, 2.05) is 36.4 Å². The van der Waals surface area contributed by atoms with Gasteiger partial charge >= 0.3 is 5.97 Å². The molecule has 0 saturated heterocycles. The average molecular weight is 695 g/mol. The number of hydrogen-bond acceptors (Lipinski definition) is 4. The van der Waals surface area contributed by atoms with E-state index in [0.29, 0.717) is 13.0 Å². The van der Waals surface area contributed by atoms with Crippen molar-refractivity contribution < 1.29 is 18.7 Å². The smallest absolute Gasteiger partial charge is 0.309 e. The Bertz CT molecular complexity index is 1100. The Hall–Kier alpha value is -1.95. The quantitative estimate of drug-likeness (QED) is 0.0505. The second-order valence-electron chi connectivity index (χ2n) is 16.1. The Morgan fingerprint density at radius 1 is 0.653 bits per heavy atom. The SMILES string of the molecule is CCCCCCCCCCCCCCCCCC(CC(CC)(CC(=O)OCc1ccccc1)O[Si](C)(C)C(C)(C)C)OCc1ccccc1. The molecule has 0 radical (unpaired) electrons. The van der Waals surface area contributed by atoms with Gasteiger partial charge in [0.05, 0.1) is 24.7 Å². The molecule has 0 fully saturated rings. The number of benzene rings is 2. The summed E-state index contributed by atoms with van der Waals surface area (Å²) in [5.74, 6) is -0.196. The number of hydrogen-bond donors (Lipinski definition) is 0. The fourth-order valence-corrected chi connectivity index (χ4v) is 8.12. The van der Waals surface area contributed by atoms with Crippen LogP contribution in [0.3, 0.4) is 0 Å². The van der Waals surface area contributed by atoms with Gasteiger partial charge in [0.2, 0.25) is 0 Å². The predicted molar refractivity (Wildman–Crippen MR) is 211 cm³/mol. The topological polar surface area (TPSA) is 44.8 Å².